The maximum Gasteiger partial charge on any atom is 0.300 e. The number of carboxylic acid groups (broad SMARTS) is 1. The summed E-state index contributed by atoms with van der Waals surface area (Å²) in [5, 5.41) is 13.5. The van der Waals surface area contributed by atoms with Crippen molar-refractivity contribution in [1.82, 2.24) is 4.90 Å². The first-order valence-electron chi connectivity index (χ1n) is 11.7. The Labute approximate surface area is 181 Å². The maximum atomic E-state index is 9.00. The van der Waals surface area contributed by atoms with E-state index in [1.807, 2.05) is 0 Å². The van der Waals surface area contributed by atoms with E-state index >= 15 is 0 Å². The summed E-state index contributed by atoms with van der Waals surface area (Å²) in [7, 11) is 4.34. The summed E-state index contributed by atoms with van der Waals surface area (Å²) in [6.07, 6.45) is 23.3. The Kier molecular flexibility index (Phi) is 32.3. The molecule has 0 unspecified atom stereocenters. The molecule has 0 rings (SSSR count). The Morgan fingerprint density at radius 2 is 0.931 bits per heavy atom. The standard InChI is InChI=1S/C20H43N.C2H4O2.CH5N3/c1-4-5-6-7-8-9-10-11-12-13-14-15-16-17-18-19-20-21(2)3;1-2(3)4;2-1(3)4/h4-20H2,1-3H3;1H3,(H,3,4);(H5,2,3,4). The molecule has 0 amide bonds. The van der Waals surface area contributed by atoms with Crippen LogP contribution in [0, 0.1) is 5.41 Å². The van der Waals surface area contributed by atoms with Crippen LogP contribution in [0.2, 0.25) is 0 Å². The van der Waals surface area contributed by atoms with Gasteiger partial charge in [-0.25, -0.2) is 0 Å². The van der Waals surface area contributed by atoms with Crippen molar-refractivity contribution in [3.8, 4) is 0 Å². The number of guanidine groups is 1. The largest absolute Gasteiger partial charge is 0.481 e. The molecule has 0 spiro atoms. The molecule has 0 aliphatic rings. The molecule has 6 N–H and O–H groups in total. The van der Waals surface area contributed by atoms with Crippen molar-refractivity contribution in [2.75, 3.05) is 20.6 Å². The number of carbonyl (C=O) groups is 1. The molecule has 6 nitrogen and oxygen atoms in total. The summed E-state index contributed by atoms with van der Waals surface area (Å²) in [4.78, 5) is 11.3. The second kappa shape index (κ2) is 28.9. The van der Waals surface area contributed by atoms with Crippen molar-refractivity contribution in [3.05, 3.63) is 0 Å². The van der Waals surface area contributed by atoms with E-state index in [2.05, 4.69) is 37.4 Å². The fourth-order valence-corrected chi connectivity index (χ4v) is 2.98. The van der Waals surface area contributed by atoms with Gasteiger partial charge in [0, 0.05) is 6.92 Å². The van der Waals surface area contributed by atoms with Crippen molar-refractivity contribution >= 4 is 11.9 Å². The van der Waals surface area contributed by atoms with E-state index in [4.69, 9.17) is 15.3 Å². The molecule has 0 aliphatic carbocycles. The van der Waals surface area contributed by atoms with Gasteiger partial charge in [0.05, 0.1) is 0 Å². The second-order valence-electron chi connectivity index (χ2n) is 8.08. The molecular formula is C23H52N4O2. The minimum atomic E-state index is -0.833. The highest BCUT2D eigenvalue weighted by Gasteiger charge is 1.95. The minimum absolute atomic E-state index is 0.333. The third-order valence-electron chi connectivity index (χ3n) is 4.46. The van der Waals surface area contributed by atoms with E-state index < -0.39 is 5.97 Å². The average molecular weight is 417 g/mol. The highest BCUT2D eigenvalue weighted by Crippen LogP contribution is 2.13. The maximum absolute atomic E-state index is 9.00. The van der Waals surface area contributed by atoms with Crippen LogP contribution in [-0.2, 0) is 4.79 Å². The van der Waals surface area contributed by atoms with Crippen LogP contribution in [0.4, 0.5) is 0 Å². The Morgan fingerprint density at radius 3 is 1.14 bits per heavy atom. The fraction of sp³-hybridized carbons (Fsp3) is 0.913. The van der Waals surface area contributed by atoms with Gasteiger partial charge in [-0.1, -0.05) is 103 Å². The van der Waals surface area contributed by atoms with Crippen LogP contribution in [0.25, 0.3) is 0 Å². The molecule has 0 aliphatic heterocycles. The number of unbranched alkanes of at least 4 members (excludes halogenated alkanes) is 15. The summed E-state index contributed by atoms with van der Waals surface area (Å²) in [6.45, 7) is 4.64. The highest BCUT2D eigenvalue weighted by molar-refractivity contribution is 5.71. The number of rotatable bonds is 17. The molecule has 29 heavy (non-hydrogen) atoms. The van der Waals surface area contributed by atoms with Gasteiger partial charge in [0.15, 0.2) is 5.96 Å². The Bertz CT molecular complexity index is 317. The SMILES string of the molecule is CC(=O)O.CCCCCCCCCCCCCCCCCCN(C)C.N=C(N)N. The molecule has 0 fully saturated rings. The van der Waals surface area contributed by atoms with Gasteiger partial charge >= 0.3 is 0 Å². The van der Waals surface area contributed by atoms with Crippen LogP contribution in [0.5, 0.6) is 0 Å². The van der Waals surface area contributed by atoms with Crippen molar-refractivity contribution in [1.29, 1.82) is 5.41 Å². The third-order valence-corrected chi connectivity index (χ3v) is 4.46. The first kappa shape index (κ1) is 32.4. The van der Waals surface area contributed by atoms with Crippen molar-refractivity contribution < 1.29 is 9.90 Å². The van der Waals surface area contributed by atoms with Gasteiger partial charge in [0.25, 0.3) is 5.97 Å². The first-order valence-corrected chi connectivity index (χ1v) is 11.7. The lowest BCUT2D eigenvalue weighted by molar-refractivity contribution is -0.134. The molecule has 0 aromatic rings. The van der Waals surface area contributed by atoms with E-state index in [1.165, 1.54) is 109 Å². The zero-order chi connectivity index (χ0) is 22.8. The van der Waals surface area contributed by atoms with Gasteiger partial charge in [-0.05, 0) is 27.1 Å². The van der Waals surface area contributed by atoms with Crippen LogP contribution in [0.15, 0.2) is 0 Å². The molecule has 0 saturated carbocycles. The number of nitrogens with two attached hydrogens (primary N) is 2. The normalized spacial score (nSPS) is 9.97. The van der Waals surface area contributed by atoms with Gasteiger partial charge in [0.1, 0.15) is 0 Å². The summed E-state index contributed by atoms with van der Waals surface area (Å²) >= 11 is 0. The lowest BCUT2D eigenvalue weighted by Crippen LogP contribution is -2.20. The monoisotopic (exact) mass is 416 g/mol. The quantitative estimate of drug-likeness (QED) is 0.137. The summed E-state index contributed by atoms with van der Waals surface area (Å²) in [5.74, 6) is -1.17. The number of hydrogen-bond acceptors (Lipinski definition) is 3. The van der Waals surface area contributed by atoms with Gasteiger partial charge in [-0.15, -0.1) is 0 Å². The van der Waals surface area contributed by atoms with Gasteiger partial charge in [-0.2, -0.15) is 0 Å². The van der Waals surface area contributed by atoms with E-state index in [9.17, 15) is 0 Å². The van der Waals surface area contributed by atoms with Crippen LogP contribution in [-0.4, -0.2) is 42.6 Å². The predicted octanol–water partition coefficient (Wildman–Crippen LogP) is 5.74. The number of carboxylic acids is 1. The molecular weight excluding hydrogens is 364 g/mol. The molecule has 0 aromatic heterocycles. The molecule has 0 heterocycles. The Hall–Kier alpha value is -1.30. The lowest BCUT2D eigenvalue weighted by atomic mass is 10.0. The summed E-state index contributed by atoms with van der Waals surface area (Å²) in [6, 6.07) is 0. The summed E-state index contributed by atoms with van der Waals surface area (Å²) in [5.41, 5.74) is 8.94. The van der Waals surface area contributed by atoms with E-state index in [-0.39, 0.29) is 5.96 Å². The molecule has 0 radical (unpaired) electrons. The topological polar surface area (TPSA) is 116 Å². The molecule has 0 bridgehead atoms. The minimum Gasteiger partial charge on any atom is -0.481 e. The molecule has 0 aromatic carbocycles. The van der Waals surface area contributed by atoms with Crippen molar-refractivity contribution in [2.24, 2.45) is 11.5 Å². The van der Waals surface area contributed by atoms with Gasteiger partial charge in [0.2, 0.25) is 0 Å². The molecule has 0 atom stereocenters. The van der Waals surface area contributed by atoms with Gasteiger partial charge < -0.3 is 21.5 Å². The smallest absolute Gasteiger partial charge is 0.300 e. The second-order valence-corrected chi connectivity index (χ2v) is 8.08. The predicted molar refractivity (Wildman–Crippen MR) is 128 cm³/mol. The van der Waals surface area contributed by atoms with Crippen LogP contribution < -0.4 is 11.5 Å². The van der Waals surface area contributed by atoms with Crippen LogP contribution >= 0.6 is 0 Å². The molecule has 176 valence electrons. The van der Waals surface area contributed by atoms with Crippen LogP contribution in [0.3, 0.4) is 0 Å². The van der Waals surface area contributed by atoms with E-state index in [0.29, 0.717) is 0 Å². The number of nitrogens with one attached hydrogen (secondary N) is 1. The average Bonchev–Trinajstić information content (AvgIpc) is 2.60. The van der Waals surface area contributed by atoms with Gasteiger partial charge in [-0.3, -0.25) is 10.2 Å². The third kappa shape index (κ3) is 58.4. The van der Waals surface area contributed by atoms with E-state index in [0.717, 1.165) is 6.92 Å². The van der Waals surface area contributed by atoms with Crippen molar-refractivity contribution in [2.45, 2.75) is 117 Å². The van der Waals surface area contributed by atoms with Crippen molar-refractivity contribution in [3.63, 3.8) is 0 Å². The molecule has 6 heteroatoms. The first-order chi connectivity index (χ1) is 13.7. The zero-order valence-corrected chi connectivity index (χ0v) is 20.0. The highest BCUT2D eigenvalue weighted by atomic mass is 16.4. The number of hydrogen-bond donors (Lipinski definition) is 4. The lowest BCUT2D eigenvalue weighted by Gasteiger charge is -2.08. The Morgan fingerprint density at radius 1 is 0.724 bits per heavy atom. The zero-order valence-electron chi connectivity index (χ0n) is 20.0. The molecule has 0 saturated heterocycles. The number of nitrogens with zero attached hydrogens (tertiary/aromatic N) is 1. The van der Waals surface area contributed by atoms with Crippen LogP contribution in [0.1, 0.15) is 117 Å². The Balaban J connectivity index is -0.000000712. The number of aliphatic carboxylic acids is 1. The summed E-state index contributed by atoms with van der Waals surface area (Å²) < 4.78 is 0. The fourth-order valence-electron chi connectivity index (χ4n) is 2.98. The van der Waals surface area contributed by atoms with E-state index in [1.54, 1.807) is 0 Å².